The van der Waals surface area contributed by atoms with E-state index in [-0.39, 0.29) is 0 Å². The number of para-hydroxylation sites is 1. The predicted molar refractivity (Wildman–Crippen MR) is 107 cm³/mol. The van der Waals surface area contributed by atoms with Crippen molar-refractivity contribution in [2.75, 3.05) is 33.3 Å². The smallest absolute Gasteiger partial charge is 0.176 e. The molecule has 0 unspecified atom stereocenters. The molecule has 0 radical (unpaired) electrons. The van der Waals surface area contributed by atoms with Crippen molar-refractivity contribution in [1.29, 1.82) is 0 Å². The van der Waals surface area contributed by atoms with Gasteiger partial charge in [-0.2, -0.15) is 0 Å². The van der Waals surface area contributed by atoms with Crippen molar-refractivity contribution < 1.29 is 9.15 Å². The molecule has 1 saturated heterocycles. The van der Waals surface area contributed by atoms with E-state index in [1.807, 2.05) is 12.1 Å². The Bertz CT molecular complexity index is 955. The topological polar surface area (TPSA) is 68.3 Å². The summed E-state index contributed by atoms with van der Waals surface area (Å²) in [6.45, 7) is 5.94. The van der Waals surface area contributed by atoms with Gasteiger partial charge in [0.05, 0.1) is 13.7 Å². The average Bonchev–Trinajstić information content (AvgIpc) is 3.24. The highest BCUT2D eigenvalue weighted by atomic mass is 16.5. The van der Waals surface area contributed by atoms with Crippen LogP contribution in [0.1, 0.15) is 36.2 Å². The van der Waals surface area contributed by atoms with Gasteiger partial charge >= 0.3 is 0 Å². The first kappa shape index (κ1) is 17.7. The molecule has 0 amide bonds. The molecule has 5 rings (SSSR count). The summed E-state index contributed by atoms with van der Waals surface area (Å²) in [5.74, 6) is 4.63. The lowest BCUT2D eigenvalue weighted by atomic mass is 9.95. The van der Waals surface area contributed by atoms with Crippen LogP contribution in [0, 0.1) is 0 Å². The molecule has 0 spiro atoms. The van der Waals surface area contributed by atoms with Crippen molar-refractivity contribution in [3.8, 4) is 5.75 Å². The summed E-state index contributed by atoms with van der Waals surface area (Å²) in [5.41, 5.74) is 0.842. The van der Waals surface area contributed by atoms with E-state index >= 15 is 0 Å². The maximum Gasteiger partial charge on any atom is 0.176 e. The quantitative estimate of drug-likeness (QED) is 0.749. The number of hydrogen-bond acceptors (Lipinski definition) is 6. The molecule has 28 heavy (non-hydrogen) atoms. The Morgan fingerprint density at radius 1 is 1.18 bits per heavy atom. The molecule has 7 nitrogen and oxygen atoms in total. The van der Waals surface area contributed by atoms with E-state index in [1.54, 1.807) is 7.11 Å². The number of aromatic nitrogens is 3. The first-order valence-corrected chi connectivity index (χ1v) is 10.2. The number of piperidine rings is 1. The number of furan rings is 1. The van der Waals surface area contributed by atoms with Crippen molar-refractivity contribution in [2.45, 2.75) is 38.3 Å². The van der Waals surface area contributed by atoms with Gasteiger partial charge in [0, 0.05) is 37.4 Å². The van der Waals surface area contributed by atoms with Crippen molar-refractivity contribution in [1.82, 2.24) is 25.0 Å². The highest BCUT2D eigenvalue weighted by molar-refractivity contribution is 5.83. The third-order valence-electron chi connectivity index (χ3n) is 6.00. The number of rotatable bonds is 4. The lowest BCUT2D eigenvalue weighted by molar-refractivity contribution is 0.188. The molecule has 2 aromatic heterocycles. The largest absolute Gasteiger partial charge is 0.493 e. The standard InChI is InChI=1S/C21H27N5O2/c1-27-18-4-2-3-16-13-17(28-20(16)18)14-25-10-6-15(7-11-25)21-24-23-19-5-8-22-9-12-26(19)21/h2-4,13,15,22H,5-12,14H2,1H3. The molecule has 1 N–H and O–H groups in total. The van der Waals surface area contributed by atoms with Crippen molar-refractivity contribution in [2.24, 2.45) is 0 Å². The van der Waals surface area contributed by atoms with Gasteiger partial charge in [0.15, 0.2) is 11.3 Å². The van der Waals surface area contributed by atoms with Gasteiger partial charge in [-0.3, -0.25) is 4.90 Å². The maximum atomic E-state index is 6.08. The summed E-state index contributed by atoms with van der Waals surface area (Å²) < 4.78 is 13.8. The fourth-order valence-electron chi connectivity index (χ4n) is 4.49. The van der Waals surface area contributed by atoms with E-state index in [2.05, 4.69) is 37.1 Å². The Kier molecular flexibility index (Phi) is 4.78. The summed E-state index contributed by atoms with van der Waals surface area (Å²) in [6, 6.07) is 8.15. The van der Waals surface area contributed by atoms with E-state index in [1.165, 1.54) is 5.82 Å². The first-order chi connectivity index (χ1) is 13.8. The molecule has 7 heteroatoms. The fourth-order valence-corrected chi connectivity index (χ4v) is 4.49. The molecule has 1 fully saturated rings. The third-order valence-corrected chi connectivity index (χ3v) is 6.00. The monoisotopic (exact) mass is 381 g/mol. The minimum Gasteiger partial charge on any atom is -0.493 e. The number of likely N-dealkylation sites (tertiary alicyclic amines) is 1. The zero-order valence-electron chi connectivity index (χ0n) is 16.4. The Morgan fingerprint density at radius 3 is 2.93 bits per heavy atom. The molecule has 2 aliphatic rings. The molecular formula is C21H27N5O2. The second kappa shape index (κ2) is 7.56. The lowest BCUT2D eigenvalue weighted by Crippen LogP contribution is -2.33. The van der Waals surface area contributed by atoms with Gasteiger partial charge in [0.1, 0.15) is 17.4 Å². The van der Waals surface area contributed by atoms with Crippen molar-refractivity contribution in [3.63, 3.8) is 0 Å². The number of ether oxygens (including phenoxy) is 1. The van der Waals surface area contributed by atoms with Gasteiger partial charge in [0.25, 0.3) is 0 Å². The van der Waals surface area contributed by atoms with E-state index in [4.69, 9.17) is 9.15 Å². The van der Waals surface area contributed by atoms with Crippen LogP contribution in [0.25, 0.3) is 11.0 Å². The lowest BCUT2D eigenvalue weighted by Gasteiger charge is -2.31. The third kappa shape index (κ3) is 3.29. The van der Waals surface area contributed by atoms with E-state index in [0.717, 1.165) is 86.8 Å². The molecule has 148 valence electrons. The Balaban J connectivity index is 1.25. The summed E-state index contributed by atoms with van der Waals surface area (Å²) in [6.07, 6.45) is 3.21. The Hall–Kier alpha value is -2.38. The van der Waals surface area contributed by atoms with Gasteiger partial charge in [-0.25, -0.2) is 0 Å². The summed E-state index contributed by atoms with van der Waals surface area (Å²) in [5, 5.41) is 13.6. The second-order valence-corrected chi connectivity index (χ2v) is 7.77. The van der Waals surface area contributed by atoms with E-state index in [9.17, 15) is 0 Å². The average molecular weight is 381 g/mol. The molecule has 0 atom stereocenters. The predicted octanol–water partition coefficient (Wildman–Crippen LogP) is 2.56. The molecule has 0 saturated carbocycles. The second-order valence-electron chi connectivity index (χ2n) is 7.77. The van der Waals surface area contributed by atoms with Crippen LogP contribution in [0.4, 0.5) is 0 Å². The Morgan fingerprint density at radius 2 is 2.07 bits per heavy atom. The van der Waals surface area contributed by atoms with Crippen molar-refractivity contribution in [3.05, 3.63) is 41.7 Å². The van der Waals surface area contributed by atoms with Gasteiger partial charge in [-0.1, -0.05) is 12.1 Å². The molecule has 0 aliphatic carbocycles. The molecular weight excluding hydrogens is 354 g/mol. The number of nitrogens with zero attached hydrogens (tertiary/aromatic N) is 4. The van der Waals surface area contributed by atoms with Gasteiger partial charge in [-0.05, 0) is 38.1 Å². The van der Waals surface area contributed by atoms with Crippen LogP contribution in [0.5, 0.6) is 5.75 Å². The molecule has 3 aromatic rings. The zero-order chi connectivity index (χ0) is 18.9. The summed E-state index contributed by atoms with van der Waals surface area (Å²) in [4.78, 5) is 2.47. The fraction of sp³-hybridized carbons (Fsp3) is 0.524. The van der Waals surface area contributed by atoms with Crippen LogP contribution < -0.4 is 10.1 Å². The highest BCUT2D eigenvalue weighted by Gasteiger charge is 2.27. The summed E-state index contributed by atoms with van der Waals surface area (Å²) >= 11 is 0. The number of fused-ring (bicyclic) bond motifs is 2. The van der Waals surface area contributed by atoms with Crippen LogP contribution in [0.2, 0.25) is 0 Å². The highest BCUT2D eigenvalue weighted by Crippen LogP contribution is 2.31. The van der Waals surface area contributed by atoms with E-state index < -0.39 is 0 Å². The molecule has 0 bridgehead atoms. The molecule has 4 heterocycles. The van der Waals surface area contributed by atoms with Crippen molar-refractivity contribution >= 4 is 11.0 Å². The molecule has 2 aliphatic heterocycles. The number of methoxy groups -OCH3 is 1. The molecule has 1 aromatic carbocycles. The van der Waals surface area contributed by atoms with Crippen LogP contribution >= 0.6 is 0 Å². The van der Waals surface area contributed by atoms with E-state index in [0.29, 0.717) is 5.92 Å². The van der Waals surface area contributed by atoms with Gasteiger partial charge in [-0.15, -0.1) is 10.2 Å². The van der Waals surface area contributed by atoms with Crippen LogP contribution in [-0.4, -0.2) is 53.0 Å². The minimum atomic E-state index is 0.506. The number of nitrogens with one attached hydrogen (secondary N) is 1. The van der Waals surface area contributed by atoms with Crippen LogP contribution in [0.15, 0.2) is 28.7 Å². The Labute approximate surface area is 164 Å². The maximum absolute atomic E-state index is 6.08. The van der Waals surface area contributed by atoms with Gasteiger partial charge in [0.2, 0.25) is 0 Å². The van der Waals surface area contributed by atoms with Crippen LogP contribution in [0.3, 0.4) is 0 Å². The summed E-state index contributed by atoms with van der Waals surface area (Å²) in [7, 11) is 1.68. The number of benzene rings is 1. The SMILES string of the molecule is COc1cccc2cc(CN3CCC(c4nnc5n4CCNCC5)CC3)oc12. The minimum absolute atomic E-state index is 0.506. The first-order valence-electron chi connectivity index (χ1n) is 10.2. The van der Waals surface area contributed by atoms with Crippen LogP contribution in [-0.2, 0) is 19.5 Å². The number of hydrogen-bond donors (Lipinski definition) is 1. The zero-order valence-corrected chi connectivity index (χ0v) is 16.4. The van der Waals surface area contributed by atoms with Gasteiger partial charge < -0.3 is 19.0 Å². The normalized spacial score (nSPS) is 18.9.